The quantitative estimate of drug-likeness (QED) is 0.439. The van der Waals surface area contributed by atoms with Crippen LogP contribution in [0, 0.1) is 0 Å². The van der Waals surface area contributed by atoms with Gasteiger partial charge in [0.1, 0.15) is 5.75 Å². The van der Waals surface area contributed by atoms with Crippen LogP contribution in [0.3, 0.4) is 0 Å². The molecule has 0 saturated heterocycles. The number of alkyl halides is 3. The molecule has 1 aromatic heterocycles. The zero-order valence-electron chi connectivity index (χ0n) is 13.9. The predicted octanol–water partition coefficient (Wildman–Crippen LogP) is 6.11. The summed E-state index contributed by atoms with van der Waals surface area (Å²) in [5.74, 6) is 0.711. The topological polar surface area (TPSA) is 35.0 Å². The molecule has 0 aliphatic heterocycles. The highest BCUT2D eigenvalue weighted by molar-refractivity contribution is 5.85. The second kappa shape index (κ2) is 6.72. The van der Waals surface area contributed by atoms with E-state index in [4.69, 9.17) is 4.74 Å². The van der Waals surface area contributed by atoms with Crippen LogP contribution in [0.25, 0.3) is 22.3 Å². The number of hydrogen-bond donors (Lipinski definition) is 0. The molecular formula is C21H13F3N2O. The molecule has 0 radical (unpaired) electrons. The Hall–Kier alpha value is -3.41. The lowest BCUT2D eigenvalue weighted by Crippen LogP contribution is -2.04. The first-order valence-electron chi connectivity index (χ1n) is 8.18. The summed E-state index contributed by atoms with van der Waals surface area (Å²) in [6.07, 6.45) is -4.44. The number of aromatic nitrogens is 2. The smallest absolute Gasteiger partial charge is 0.416 e. The normalized spacial score (nSPS) is 11.5. The lowest BCUT2D eigenvalue weighted by atomic mass is 10.2. The number of para-hydroxylation sites is 1. The highest BCUT2D eigenvalue weighted by Gasteiger charge is 2.30. The van der Waals surface area contributed by atoms with Gasteiger partial charge in [-0.3, -0.25) is 0 Å². The number of ether oxygens (including phenoxy) is 1. The van der Waals surface area contributed by atoms with Crippen molar-refractivity contribution in [1.29, 1.82) is 0 Å². The maximum absolute atomic E-state index is 13.0. The van der Waals surface area contributed by atoms with Gasteiger partial charge in [-0.1, -0.05) is 48.5 Å². The molecule has 4 aromatic rings. The standard InChI is InChI=1S/C21H13F3N2O/c22-21(23,24)15-9-6-10-16(13-15)27-20-17-11-4-5-12-18(17)25-19(26-20)14-7-2-1-3-8-14/h1-13H. The zero-order valence-corrected chi connectivity index (χ0v) is 13.9. The van der Waals surface area contributed by atoms with Crippen molar-refractivity contribution < 1.29 is 17.9 Å². The number of halogens is 3. The minimum atomic E-state index is -4.44. The SMILES string of the molecule is FC(F)(F)c1cccc(Oc2nc(-c3ccccc3)nc3ccccc23)c1. The molecular weight excluding hydrogens is 353 g/mol. The van der Waals surface area contributed by atoms with E-state index in [0.717, 1.165) is 17.7 Å². The molecule has 0 bridgehead atoms. The Kier molecular flexibility index (Phi) is 4.24. The molecule has 134 valence electrons. The molecule has 3 nitrogen and oxygen atoms in total. The van der Waals surface area contributed by atoms with E-state index in [-0.39, 0.29) is 11.6 Å². The predicted molar refractivity (Wildman–Crippen MR) is 96.5 cm³/mol. The first-order chi connectivity index (χ1) is 13.0. The second-order valence-corrected chi connectivity index (χ2v) is 5.86. The molecule has 0 unspecified atom stereocenters. The van der Waals surface area contributed by atoms with Gasteiger partial charge in [-0.2, -0.15) is 18.2 Å². The van der Waals surface area contributed by atoms with Crippen LogP contribution in [0.15, 0.2) is 78.9 Å². The number of hydrogen-bond acceptors (Lipinski definition) is 3. The van der Waals surface area contributed by atoms with Crippen molar-refractivity contribution in [3.8, 4) is 23.0 Å². The van der Waals surface area contributed by atoms with Crippen molar-refractivity contribution in [3.05, 3.63) is 84.4 Å². The summed E-state index contributed by atoms with van der Waals surface area (Å²) in [6.45, 7) is 0. The van der Waals surface area contributed by atoms with Gasteiger partial charge < -0.3 is 4.74 Å². The summed E-state index contributed by atoms with van der Waals surface area (Å²) in [7, 11) is 0. The van der Waals surface area contributed by atoms with Crippen molar-refractivity contribution in [2.45, 2.75) is 6.18 Å². The van der Waals surface area contributed by atoms with Crippen LogP contribution in [0.5, 0.6) is 11.6 Å². The van der Waals surface area contributed by atoms with Crippen LogP contribution in [-0.4, -0.2) is 9.97 Å². The van der Waals surface area contributed by atoms with Crippen LogP contribution < -0.4 is 4.74 Å². The van der Waals surface area contributed by atoms with Crippen molar-refractivity contribution >= 4 is 10.9 Å². The summed E-state index contributed by atoms with van der Waals surface area (Å²) < 4.78 is 44.6. The van der Waals surface area contributed by atoms with Gasteiger partial charge in [0, 0.05) is 5.56 Å². The van der Waals surface area contributed by atoms with Gasteiger partial charge in [-0.15, -0.1) is 0 Å². The Morgan fingerprint density at radius 2 is 1.48 bits per heavy atom. The molecule has 3 aromatic carbocycles. The Morgan fingerprint density at radius 3 is 2.26 bits per heavy atom. The van der Waals surface area contributed by atoms with Crippen LogP contribution >= 0.6 is 0 Å². The summed E-state index contributed by atoms with van der Waals surface area (Å²) >= 11 is 0. The Labute approximate surface area is 153 Å². The second-order valence-electron chi connectivity index (χ2n) is 5.86. The molecule has 0 aliphatic carbocycles. The van der Waals surface area contributed by atoms with Gasteiger partial charge in [-0.25, -0.2) is 4.98 Å². The molecule has 0 fully saturated rings. The molecule has 0 N–H and O–H groups in total. The number of benzene rings is 3. The molecule has 1 heterocycles. The van der Waals surface area contributed by atoms with Crippen molar-refractivity contribution in [3.63, 3.8) is 0 Å². The third-order valence-corrected chi connectivity index (χ3v) is 3.98. The lowest BCUT2D eigenvalue weighted by molar-refractivity contribution is -0.137. The van der Waals surface area contributed by atoms with Crippen LogP contribution in [0.1, 0.15) is 5.56 Å². The van der Waals surface area contributed by atoms with Crippen LogP contribution in [0.4, 0.5) is 13.2 Å². The number of fused-ring (bicyclic) bond motifs is 1. The van der Waals surface area contributed by atoms with Crippen molar-refractivity contribution in [2.75, 3.05) is 0 Å². The van der Waals surface area contributed by atoms with E-state index in [2.05, 4.69) is 9.97 Å². The van der Waals surface area contributed by atoms with Crippen LogP contribution in [0.2, 0.25) is 0 Å². The molecule has 0 atom stereocenters. The first kappa shape index (κ1) is 17.0. The molecule has 0 amide bonds. The van der Waals surface area contributed by atoms with E-state index in [1.54, 1.807) is 12.1 Å². The number of rotatable bonds is 3. The molecule has 0 saturated carbocycles. The summed E-state index contributed by atoms with van der Waals surface area (Å²) in [5.41, 5.74) is 0.659. The lowest BCUT2D eigenvalue weighted by Gasteiger charge is -2.12. The average Bonchev–Trinajstić information content (AvgIpc) is 2.68. The van der Waals surface area contributed by atoms with Gasteiger partial charge in [0.15, 0.2) is 5.82 Å². The Morgan fingerprint density at radius 1 is 0.741 bits per heavy atom. The fourth-order valence-electron chi connectivity index (χ4n) is 2.69. The molecule has 27 heavy (non-hydrogen) atoms. The number of nitrogens with zero attached hydrogens (tertiary/aromatic N) is 2. The summed E-state index contributed by atoms with van der Waals surface area (Å²) in [4.78, 5) is 8.98. The summed E-state index contributed by atoms with van der Waals surface area (Å²) in [6, 6.07) is 21.3. The fourth-order valence-corrected chi connectivity index (χ4v) is 2.69. The average molecular weight is 366 g/mol. The Bertz CT molecular complexity index is 1100. The largest absolute Gasteiger partial charge is 0.438 e. The van der Waals surface area contributed by atoms with Gasteiger partial charge in [0.2, 0.25) is 5.88 Å². The fraction of sp³-hybridized carbons (Fsp3) is 0.0476. The van der Waals surface area contributed by atoms with E-state index in [0.29, 0.717) is 16.7 Å². The van der Waals surface area contributed by atoms with Gasteiger partial charge in [0.25, 0.3) is 0 Å². The molecule has 4 rings (SSSR count). The zero-order chi connectivity index (χ0) is 18.9. The summed E-state index contributed by atoms with van der Waals surface area (Å²) in [5, 5.41) is 0.620. The molecule has 0 aliphatic rings. The minimum Gasteiger partial charge on any atom is -0.438 e. The van der Waals surface area contributed by atoms with E-state index in [9.17, 15) is 13.2 Å². The molecule has 0 spiro atoms. The first-order valence-corrected chi connectivity index (χ1v) is 8.18. The van der Waals surface area contributed by atoms with Crippen LogP contribution in [-0.2, 0) is 6.18 Å². The highest BCUT2D eigenvalue weighted by Crippen LogP contribution is 2.34. The van der Waals surface area contributed by atoms with Crippen molar-refractivity contribution in [1.82, 2.24) is 9.97 Å². The maximum atomic E-state index is 13.0. The highest BCUT2D eigenvalue weighted by atomic mass is 19.4. The van der Waals surface area contributed by atoms with Crippen molar-refractivity contribution in [2.24, 2.45) is 0 Å². The van der Waals surface area contributed by atoms with Gasteiger partial charge in [-0.05, 0) is 30.3 Å². The van der Waals surface area contributed by atoms with E-state index in [1.165, 1.54) is 12.1 Å². The Balaban J connectivity index is 1.81. The van der Waals surface area contributed by atoms with E-state index < -0.39 is 11.7 Å². The van der Waals surface area contributed by atoms with E-state index >= 15 is 0 Å². The monoisotopic (exact) mass is 366 g/mol. The third kappa shape index (κ3) is 3.60. The third-order valence-electron chi connectivity index (χ3n) is 3.98. The van der Waals surface area contributed by atoms with Gasteiger partial charge >= 0.3 is 6.18 Å². The minimum absolute atomic E-state index is 0.0627. The van der Waals surface area contributed by atoms with Gasteiger partial charge in [0.05, 0.1) is 16.5 Å². The van der Waals surface area contributed by atoms with E-state index in [1.807, 2.05) is 42.5 Å². The molecule has 6 heteroatoms. The maximum Gasteiger partial charge on any atom is 0.416 e.